The Morgan fingerprint density at radius 3 is 2.42 bits per heavy atom. The summed E-state index contributed by atoms with van der Waals surface area (Å²) in [5.41, 5.74) is 4.97. The van der Waals surface area contributed by atoms with E-state index in [0.29, 0.717) is 16.9 Å². The zero-order chi connectivity index (χ0) is 22.4. The van der Waals surface area contributed by atoms with Crippen molar-refractivity contribution in [3.8, 4) is 0 Å². The van der Waals surface area contributed by atoms with Crippen LogP contribution in [0.2, 0.25) is 0 Å². The van der Waals surface area contributed by atoms with Crippen molar-refractivity contribution in [3.05, 3.63) is 11.1 Å². The highest BCUT2D eigenvalue weighted by Gasteiger charge is 2.55. The Hall–Kier alpha value is -0.300. The lowest BCUT2D eigenvalue weighted by Crippen LogP contribution is -2.45. The van der Waals surface area contributed by atoms with Gasteiger partial charge in [0.15, 0.2) is 0 Å². The molecular weight excluding hydrogens is 376 g/mol. The lowest BCUT2D eigenvalue weighted by atomic mass is 9.50. The highest BCUT2D eigenvalue weighted by molar-refractivity contribution is 5.34. The predicted molar refractivity (Wildman–Crippen MR) is 133 cm³/mol. The van der Waals surface area contributed by atoms with E-state index in [1.807, 2.05) is 18.3 Å². The summed E-state index contributed by atoms with van der Waals surface area (Å²) >= 11 is 0. The summed E-state index contributed by atoms with van der Waals surface area (Å²) in [4.78, 5) is 0. The Morgan fingerprint density at radius 2 is 1.74 bits per heavy atom. The van der Waals surface area contributed by atoms with Gasteiger partial charge in [-0.2, -0.15) is 0 Å². The van der Waals surface area contributed by atoms with Crippen LogP contribution in [0, 0.1) is 46.3 Å². The molecule has 0 aliphatic heterocycles. The molecule has 0 bridgehead atoms. The van der Waals surface area contributed by atoms with Crippen LogP contribution < -0.4 is 0 Å². The van der Waals surface area contributed by atoms with Crippen molar-refractivity contribution in [2.24, 2.45) is 46.3 Å². The molecule has 0 aromatic carbocycles. The summed E-state index contributed by atoms with van der Waals surface area (Å²) < 4.78 is 5.79. The van der Waals surface area contributed by atoms with Crippen molar-refractivity contribution in [3.63, 3.8) is 0 Å². The van der Waals surface area contributed by atoms with Crippen molar-refractivity contribution < 1.29 is 4.74 Å². The molecule has 1 nitrogen and oxygen atoms in total. The molecule has 0 radical (unpaired) electrons. The monoisotopic (exact) mass is 428 g/mol. The summed E-state index contributed by atoms with van der Waals surface area (Å²) in [6, 6.07) is 0. The molecule has 0 aromatic heterocycles. The topological polar surface area (TPSA) is 9.23 Å². The largest absolute Gasteiger partial charge is 0.381 e. The third kappa shape index (κ3) is 4.08. The first-order valence-electron chi connectivity index (χ1n) is 14.0. The SMILES string of the molecule is CCC(CC[C@@H](C)[C@H]1CCC2C3=C(CC[C@@]21C)[C@@]1(C)CC[C@H](OC)CC1CC3)C(C)C. The van der Waals surface area contributed by atoms with Crippen LogP contribution in [0.3, 0.4) is 0 Å². The molecule has 31 heavy (non-hydrogen) atoms. The molecule has 0 amide bonds. The highest BCUT2D eigenvalue weighted by Crippen LogP contribution is 2.66. The Bertz CT molecular complexity index is 661. The average Bonchev–Trinajstić information content (AvgIpc) is 3.10. The Kier molecular flexibility index (Phi) is 7.04. The van der Waals surface area contributed by atoms with Gasteiger partial charge >= 0.3 is 0 Å². The Balaban J connectivity index is 1.50. The molecule has 4 aliphatic rings. The van der Waals surface area contributed by atoms with Gasteiger partial charge in [0.1, 0.15) is 0 Å². The van der Waals surface area contributed by atoms with E-state index < -0.39 is 0 Å². The molecule has 4 aliphatic carbocycles. The first kappa shape index (κ1) is 23.8. The molecule has 2 fully saturated rings. The van der Waals surface area contributed by atoms with Crippen LogP contribution in [-0.2, 0) is 4.74 Å². The minimum atomic E-state index is 0.485. The molecule has 1 heteroatoms. The lowest BCUT2D eigenvalue weighted by Gasteiger charge is -2.55. The molecule has 178 valence electrons. The van der Waals surface area contributed by atoms with Gasteiger partial charge in [0, 0.05) is 7.11 Å². The number of methoxy groups -OCH3 is 1. The lowest BCUT2D eigenvalue weighted by molar-refractivity contribution is -0.00951. The summed E-state index contributed by atoms with van der Waals surface area (Å²) in [7, 11) is 1.93. The van der Waals surface area contributed by atoms with Crippen LogP contribution >= 0.6 is 0 Å². The minimum absolute atomic E-state index is 0.485. The Morgan fingerprint density at radius 1 is 0.968 bits per heavy atom. The van der Waals surface area contributed by atoms with Crippen LogP contribution in [-0.4, -0.2) is 13.2 Å². The fourth-order valence-corrected chi connectivity index (χ4v) is 9.30. The Labute approximate surface area is 194 Å². The molecule has 2 saturated carbocycles. The number of hydrogen-bond acceptors (Lipinski definition) is 1. The second-order valence-electron chi connectivity index (χ2n) is 13.0. The molecule has 8 atom stereocenters. The highest BCUT2D eigenvalue weighted by atomic mass is 16.5. The van der Waals surface area contributed by atoms with Gasteiger partial charge in [-0.25, -0.2) is 0 Å². The van der Waals surface area contributed by atoms with Crippen LogP contribution in [0.1, 0.15) is 119 Å². The van der Waals surface area contributed by atoms with Crippen LogP contribution in [0.15, 0.2) is 11.1 Å². The molecule has 0 aromatic rings. The standard InChI is InChI=1S/C30H52O/c1-8-22(20(2)3)10-9-21(4)26-13-14-27-25-12-11-23-19-24(31-7)15-17-29(23,5)28(25)16-18-30(26,27)6/h20-24,26-27H,8-19H2,1-7H3/t21-,22?,23?,24+,26-,27?,29+,30-/m1/s1. The van der Waals surface area contributed by atoms with Gasteiger partial charge in [-0.15, -0.1) is 0 Å². The molecule has 4 rings (SSSR count). The molecule has 0 N–H and O–H groups in total. The maximum atomic E-state index is 5.79. The van der Waals surface area contributed by atoms with Crippen molar-refractivity contribution in [1.29, 1.82) is 0 Å². The van der Waals surface area contributed by atoms with Gasteiger partial charge in [0.2, 0.25) is 0 Å². The quantitative estimate of drug-likeness (QED) is 0.368. The maximum Gasteiger partial charge on any atom is 0.0574 e. The van der Waals surface area contributed by atoms with Gasteiger partial charge < -0.3 is 4.74 Å². The van der Waals surface area contributed by atoms with Crippen molar-refractivity contribution in [2.75, 3.05) is 7.11 Å². The van der Waals surface area contributed by atoms with Gasteiger partial charge in [-0.05, 0) is 111 Å². The van der Waals surface area contributed by atoms with E-state index in [4.69, 9.17) is 4.74 Å². The van der Waals surface area contributed by atoms with Gasteiger partial charge in [-0.1, -0.05) is 65.5 Å². The van der Waals surface area contributed by atoms with Crippen molar-refractivity contribution in [2.45, 2.75) is 125 Å². The molecule has 0 heterocycles. The number of rotatable bonds is 7. The van der Waals surface area contributed by atoms with Crippen molar-refractivity contribution in [1.82, 2.24) is 0 Å². The fourth-order valence-electron chi connectivity index (χ4n) is 9.30. The van der Waals surface area contributed by atoms with E-state index in [-0.39, 0.29) is 0 Å². The number of hydrogen-bond donors (Lipinski definition) is 0. The fraction of sp³-hybridized carbons (Fsp3) is 0.933. The predicted octanol–water partition coefficient (Wildman–Crippen LogP) is 8.82. The summed E-state index contributed by atoms with van der Waals surface area (Å²) in [5.74, 6) is 5.38. The number of allylic oxidation sites excluding steroid dienone is 2. The molecular formula is C30H52O. The first-order chi connectivity index (χ1) is 14.7. The summed E-state index contributed by atoms with van der Waals surface area (Å²) in [5, 5.41) is 0. The zero-order valence-electron chi connectivity index (χ0n) is 21.9. The van der Waals surface area contributed by atoms with E-state index in [1.54, 1.807) is 0 Å². The third-order valence-electron chi connectivity index (χ3n) is 11.5. The molecule has 0 saturated heterocycles. The molecule has 0 spiro atoms. The molecule has 3 unspecified atom stereocenters. The minimum Gasteiger partial charge on any atom is -0.381 e. The average molecular weight is 429 g/mol. The van der Waals surface area contributed by atoms with E-state index in [2.05, 4.69) is 41.5 Å². The summed E-state index contributed by atoms with van der Waals surface area (Å²) in [6.45, 7) is 15.2. The van der Waals surface area contributed by atoms with E-state index in [1.165, 1.54) is 77.0 Å². The van der Waals surface area contributed by atoms with Gasteiger partial charge in [0.25, 0.3) is 0 Å². The van der Waals surface area contributed by atoms with Crippen LogP contribution in [0.25, 0.3) is 0 Å². The van der Waals surface area contributed by atoms with Crippen LogP contribution in [0.5, 0.6) is 0 Å². The van der Waals surface area contributed by atoms with E-state index >= 15 is 0 Å². The maximum absolute atomic E-state index is 5.79. The number of fused-ring (bicyclic) bond motifs is 4. The van der Waals surface area contributed by atoms with Gasteiger partial charge in [-0.3, -0.25) is 0 Å². The second-order valence-corrected chi connectivity index (χ2v) is 13.0. The van der Waals surface area contributed by atoms with Crippen molar-refractivity contribution >= 4 is 0 Å². The first-order valence-corrected chi connectivity index (χ1v) is 14.0. The smallest absolute Gasteiger partial charge is 0.0574 e. The normalized spacial score (nSPS) is 42.2. The van der Waals surface area contributed by atoms with E-state index in [0.717, 1.165) is 35.5 Å². The summed E-state index contributed by atoms with van der Waals surface area (Å²) in [6.07, 6.45) is 17.4. The third-order valence-corrected chi connectivity index (χ3v) is 11.5. The zero-order valence-corrected chi connectivity index (χ0v) is 21.9. The van der Waals surface area contributed by atoms with E-state index in [9.17, 15) is 0 Å². The van der Waals surface area contributed by atoms with Gasteiger partial charge in [0.05, 0.1) is 6.10 Å². The van der Waals surface area contributed by atoms with Crippen LogP contribution in [0.4, 0.5) is 0 Å². The number of ether oxygens (including phenoxy) is 1. The second kappa shape index (κ2) is 9.15.